The largest absolute Gasteiger partial charge is 0.373 e. The lowest BCUT2D eigenvalue weighted by Gasteiger charge is -2.29. The van der Waals surface area contributed by atoms with Gasteiger partial charge in [-0.15, -0.1) is 0 Å². The van der Waals surface area contributed by atoms with E-state index in [-0.39, 0.29) is 23.9 Å². The van der Waals surface area contributed by atoms with Gasteiger partial charge in [-0.3, -0.25) is 15.4 Å². The molecule has 1 aliphatic rings. The maximum absolute atomic E-state index is 13.7. The number of hydrogen-bond donors (Lipinski definition) is 3. The molecule has 0 atom stereocenters. The van der Waals surface area contributed by atoms with Gasteiger partial charge in [-0.2, -0.15) is 0 Å². The number of hydrogen-bond acceptors (Lipinski definition) is 5. The quantitative estimate of drug-likeness (QED) is 0.319. The predicted molar refractivity (Wildman–Crippen MR) is 143 cm³/mol. The van der Waals surface area contributed by atoms with Crippen molar-refractivity contribution in [3.05, 3.63) is 62.7 Å². The van der Waals surface area contributed by atoms with Gasteiger partial charge in [0.15, 0.2) is 5.78 Å². The molecule has 0 spiro atoms. The van der Waals surface area contributed by atoms with Crippen molar-refractivity contribution < 1.29 is 4.79 Å². The Balaban J connectivity index is 1.72. The number of aromatic nitrogens is 2. The van der Waals surface area contributed by atoms with Gasteiger partial charge in [-0.05, 0) is 87.8 Å². The molecule has 0 amide bonds. The van der Waals surface area contributed by atoms with Gasteiger partial charge in [0.1, 0.15) is 5.69 Å². The van der Waals surface area contributed by atoms with Crippen molar-refractivity contribution in [1.29, 1.82) is 0 Å². The van der Waals surface area contributed by atoms with Gasteiger partial charge in [0, 0.05) is 47.5 Å². The van der Waals surface area contributed by atoms with Crippen LogP contribution in [0, 0.1) is 13.8 Å². The molecule has 188 valence electrons. The lowest BCUT2D eigenvalue weighted by atomic mass is 9.87. The number of aromatic amines is 1. The minimum atomic E-state index is -0.171. The molecule has 4 rings (SSSR count). The smallest absolute Gasteiger partial charge is 0.271 e. The molecule has 1 saturated heterocycles. The Kier molecular flexibility index (Phi) is 7.47. The van der Waals surface area contributed by atoms with Crippen molar-refractivity contribution in [2.45, 2.75) is 72.3 Å². The molecular weight excluding hydrogens is 438 g/mol. The first-order chi connectivity index (χ1) is 16.7. The molecule has 4 N–H and O–H groups in total. The van der Waals surface area contributed by atoms with E-state index in [0.29, 0.717) is 11.6 Å². The van der Waals surface area contributed by atoms with Gasteiger partial charge >= 0.3 is 0 Å². The molecule has 2 aromatic heterocycles. The zero-order valence-corrected chi connectivity index (χ0v) is 21.7. The Morgan fingerprint density at radius 1 is 1.20 bits per heavy atom. The molecule has 0 unspecified atom stereocenters. The van der Waals surface area contributed by atoms with Gasteiger partial charge in [0.05, 0.1) is 6.54 Å². The first-order valence-electron chi connectivity index (χ1n) is 12.8. The fourth-order valence-electron chi connectivity index (χ4n) is 5.41. The van der Waals surface area contributed by atoms with Gasteiger partial charge in [0.2, 0.25) is 0 Å². The van der Waals surface area contributed by atoms with Crippen LogP contribution in [-0.4, -0.2) is 40.0 Å². The number of H-pyrrole nitrogens is 1. The number of carbonyl (C=O) groups is 1. The molecule has 35 heavy (non-hydrogen) atoms. The molecule has 1 aliphatic heterocycles. The summed E-state index contributed by atoms with van der Waals surface area (Å²) >= 11 is 0. The lowest BCUT2D eigenvalue weighted by molar-refractivity contribution is 0.101. The first kappa shape index (κ1) is 25.2. The van der Waals surface area contributed by atoms with E-state index >= 15 is 0 Å². The SMILES string of the molecule is CCCc1cc(C)[nH]c(=O)c1NCC(=O)c1cc(C2CCN(N)CC2)cc2c1c(C)cn2C(C)C. The van der Waals surface area contributed by atoms with Crippen LogP contribution in [0.2, 0.25) is 0 Å². The number of nitrogens with two attached hydrogens (primary N) is 1. The first-order valence-corrected chi connectivity index (χ1v) is 12.8. The number of pyridine rings is 1. The Hall–Kier alpha value is -2.90. The zero-order valence-electron chi connectivity index (χ0n) is 21.7. The fraction of sp³-hybridized carbons (Fsp3) is 0.500. The summed E-state index contributed by atoms with van der Waals surface area (Å²) in [7, 11) is 0. The lowest BCUT2D eigenvalue weighted by Crippen LogP contribution is -2.38. The number of carbonyl (C=O) groups excluding carboxylic acids is 1. The highest BCUT2D eigenvalue weighted by molar-refractivity contribution is 6.10. The molecule has 1 aromatic carbocycles. The number of nitrogens with zero attached hydrogens (tertiary/aromatic N) is 2. The Morgan fingerprint density at radius 3 is 2.57 bits per heavy atom. The number of ketones is 1. The van der Waals surface area contributed by atoms with Crippen LogP contribution in [0.5, 0.6) is 0 Å². The van der Waals surface area contributed by atoms with Crippen LogP contribution in [0.25, 0.3) is 10.9 Å². The summed E-state index contributed by atoms with van der Waals surface area (Å²) in [6.07, 6.45) is 5.83. The van der Waals surface area contributed by atoms with E-state index in [1.807, 2.05) is 18.0 Å². The fourth-order valence-corrected chi connectivity index (χ4v) is 5.41. The molecule has 0 bridgehead atoms. The van der Waals surface area contributed by atoms with Crippen LogP contribution >= 0.6 is 0 Å². The second kappa shape index (κ2) is 10.4. The molecule has 7 heteroatoms. The average Bonchev–Trinajstić information content (AvgIpc) is 3.15. The monoisotopic (exact) mass is 477 g/mol. The van der Waals surface area contributed by atoms with E-state index in [4.69, 9.17) is 5.84 Å². The normalized spacial score (nSPS) is 15.3. The number of piperidine rings is 1. The van der Waals surface area contributed by atoms with E-state index in [9.17, 15) is 9.59 Å². The van der Waals surface area contributed by atoms with Crippen LogP contribution in [0.15, 0.2) is 29.2 Å². The van der Waals surface area contributed by atoms with Crippen LogP contribution in [0.1, 0.15) is 84.7 Å². The second-order valence-corrected chi connectivity index (χ2v) is 10.3. The Bertz CT molecular complexity index is 1280. The molecule has 3 aromatic rings. The summed E-state index contributed by atoms with van der Waals surface area (Å²) in [6.45, 7) is 12.2. The minimum Gasteiger partial charge on any atom is -0.373 e. The number of benzene rings is 1. The molecule has 0 radical (unpaired) electrons. The minimum absolute atomic E-state index is 0.000130. The molecule has 3 heterocycles. The molecule has 1 fully saturated rings. The van der Waals surface area contributed by atoms with Gasteiger partial charge < -0.3 is 14.9 Å². The summed E-state index contributed by atoms with van der Waals surface area (Å²) in [5.41, 5.74) is 6.26. The van der Waals surface area contributed by atoms with Gasteiger partial charge in [-0.25, -0.2) is 5.01 Å². The van der Waals surface area contributed by atoms with Crippen LogP contribution < -0.4 is 16.7 Å². The summed E-state index contributed by atoms with van der Waals surface area (Å²) < 4.78 is 2.26. The predicted octanol–water partition coefficient (Wildman–Crippen LogP) is 4.83. The molecule has 0 aliphatic carbocycles. The summed E-state index contributed by atoms with van der Waals surface area (Å²) in [5.74, 6) is 6.38. The highest BCUT2D eigenvalue weighted by atomic mass is 16.1. The van der Waals surface area contributed by atoms with Crippen molar-refractivity contribution >= 4 is 22.4 Å². The summed E-state index contributed by atoms with van der Waals surface area (Å²) in [5, 5.41) is 6.07. The summed E-state index contributed by atoms with van der Waals surface area (Å²) in [6, 6.07) is 6.64. The average molecular weight is 478 g/mol. The standard InChI is InChI=1S/C28H39N5O2/c1-6-7-21-12-19(5)31-28(35)27(21)30-15-25(34)23-13-22(20-8-10-32(29)11-9-20)14-24-26(23)18(4)16-33(24)17(2)3/h12-14,16-17,20,30H,6-11,15,29H2,1-5H3,(H,31,35). The molecular formula is C28H39N5O2. The number of aryl methyl sites for hydroxylation is 3. The van der Waals surface area contributed by atoms with Crippen LogP contribution in [0.4, 0.5) is 5.69 Å². The number of Topliss-reactive ketones (excluding diaryl/α,β-unsaturated/α-hetero) is 1. The molecule has 0 saturated carbocycles. The number of hydrazine groups is 1. The number of rotatable bonds is 8. The van der Waals surface area contributed by atoms with Crippen molar-refractivity contribution in [3.8, 4) is 0 Å². The van der Waals surface area contributed by atoms with E-state index in [1.165, 1.54) is 5.56 Å². The second-order valence-electron chi connectivity index (χ2n) is 10.3. The number of nitrogens with one attached hydrogen (secondary N) is 2. The third kappa shape index (κ3) is 5.21. The van der Waals surface area contributed by atoms with E-state index in [2.05, 4.69) is 60.9 Å². The van der Waals surface area contributed by atoms with E-state index in [0.717, 1.165) is 72.1 Å². The van der Waals surface area contributed by atoms with Crippen LogP contribution in [-0.2, 0) is 6.42 Å². The van der Waals surface area contributed by atoms with E-state index in [1.54, 1.807) is 0 Å². The van der Waals surface area contributed by atoms with Crippen molar-refractivity contribution in [2.24, 2.45) is 5.84 Å². The third-order valence-electron chi connectivity index (χ3n) is 7.20. The highest BCUT2D eigenvalue weighted by Crippen LogP contribution is 2.35. The zero-order chi connectivity index (χ0) is 25.3. The van der Waals surface area contributed by atoms with Crippen molar-refractivity contribution in [2.75, 3.05) is 25.0 Å². The van der Waals surface area contributed by atoms with Gasteiger partial charge in [-0.1, -0.05) is 13.3 Å². The maximum atomic E-state index is 13.7. The topological polar surface area (TPSA) is 96.2 Å². The number of anilines is 1. The molecule has 7 nitrogen and oxygen atoms in total. The Labute approximate surface area is 207 Å². The Morgan fingerprint density at radius 2 is 1.91 bits per heavy atom. The van der Waals surface area contributed by atoms with Crippen molar-refractivity contribution in [1.82, 2.24) is 14.6 Å². The summed E-state index contributed by atoms with van der Waals surface area (Å²) in [4.78, 5) is 29.2. The van der Waals surface area contributed by atoms with E-state index < -0.39 is 0 Å². The van der Waals surface area contributed by atoms with Crippen LogP contribution in [0.3, 0.4) is 0 Å². The number of fused-ring (bicyclic) bond motifs is 1. The maximum Gasteiger partial charge on any atom is 0.271 e. The highest BCUT2D eigenvalue weighted by Gasteiger charge is 2.24. The van der Waals surface area contributed by atoms with Crippen molar-refractivity contribution in [3.63, 3.8) is 0 Å². The van der Waals surface area contributed by atoms with Gasteiger partial charge in [0.25, 0.3) is 5.56 Å². The third-order valence-corrected chi connectivity index (χ3v) is 7.20.